The molecule has 0 radical (unpaired) electrons. The number of esters is 2. The molecule has 51 heavy (non-hydrogen) atoms. The number of pyridine rings is 2. The van der Waals surface area contributed by atoms with Gasteiger partial charge >= 0.3 is 23.0 Å². The van der Waals surface area contributed by atoms with E-state index in [1.807, 2.05) is 42.5 Å². The van der Waals surface area contributed by atoms with Crippen LogP contribution in [0.5, 0.6) is 0 Å². The van der Waals surface area contributed by atoms with Crippen LogP contribution in [0.25, 0.3) is 21.8 Å². The first-order chi connectivity index (χ1) is 23.6. The third kappa shape index (κ3) is 15.7. The van der Waals surface area contributed by atoms with E-state index < -0.39 is 22.9 Å². The van der Waals surface area contributed by atoms with Gasteiger partial charge in [-0.15, -0.1) is 0 Å². The molecular weight excluding hydrogens is 787 g/mol. The number of Topliss-reactive ketones (excluding diaryl/α,β-unsaturated/α-hetero) is 2. The van der Waals surface area contributed by atoms with Gasteiger partial charge in [0.1, 0.15) is 11.5 Å². The lowest BCUT2D eigenvalue weighted by atomic mass is 10.0. The van der Waals surface area contributed by atoms with Gasteiger partial charge in [0.25, 0.3) is 0 Å². The van der Waals surface area contributed by atoms with E-state index in [4.69, 9.17) is 32.4 Å². The number of hydrogen-bond donors (Lipinski definition) is 0. The number of fused-ring (bicyclic) bond motifs is 2. The Bertz CT molecular complexity index is 2030. The summed E-state index contributed by atoms with van der Waals surface area (Å²) in [6, 6.07) is 15.0. The molecule has 0 saturated carbocycles. The van der Waals surface area contributed by atoms with Gasteiger partial charge in [-0.2, -0.15) is 0 Å². The highest BCUT2D eigenvalue weighted by atomic mass is 36.0. The number of ether oxygens (including phenoxy) is 2. The summed E-state index contributed by atoms with van der Waals surface area (Å²) in [5.74, 6) is -1.65. The molecule has 0 amide bonds. The summed E-state index contributed by atoms with van der Waals surface area (Å²) < 4.78 is 24.4. The maximum absolute atomic E-state index is 12.0. The summed E-state index contributed by atoms with van der Waals surface area (Å²) in [7, 11) is 0. The van der Waals surface area contributed by atoms with Crippen molar-refractivity contribution in [2.24, 2.45) is 0 Å². The average molecular weight is 820 g/mol. The zero-order valence-corrected chi connectivity index (χ0v) is 31.2. The molecule has 272 valence electrons. The standard InChI is InChI=1S/C17H16ClNO4.C16H13ClN2O3.CH4.Cl3OP/c1-2-23-17(22)16(21)6-4-14(20)8-11-3-5-15-12(7-11)9-13(18)10-19-15;1-2-21-16(20)15-19-9-13(22-15)6-10-3-4-14-11(5-10)7-12(17)8-18-14;;1-5(2,3)4/h3,5,7,9-10H,2,4,6,8H2,1H3;3-5,7-9H,2,6H2,1H3;1H4;. The van der Waals surface area contributed by atoms with Crippen LogP contribution < -0.4 is 0 Å². The molecule has 17 heteroatoms. The summed E-state index contributed by atoms with van der Waals surface area (Å²) in [5.41, 5.74) is 3.50. The van der Waals surface area contributed by atoms with Gasteiger partial charge in [0, 0.05) is 48.8 Å². The second-order valence-corrected chi connectivity index (χ2v) is 17.7. The molecule has 3 heterocycles. The van der Waals surface area contributed by atoms with Gasteiger partial charge in [-0.05, 0) is 95.1 Å². The topological polar surface area (TPSA) is 156 Å². The minimum absolute atomic E-state index is 0. The number of carbonyl (C=O) groups is 4. The van der Waals surface area contributed by atoms with Crippen molar-refractivity contribution in [1.29, 1.82) is 0 Å². The number of benzene rings is 2. The SMILES string of the molecule is C.CCOC(=O)C(=O)CCC(=O)Cc1ccc2ncc(Cl)cc2c1.CCOC(=O)c1ncc(Cc2ccc3ncc(Cl)cc3c2)o1.O=P(Cl)(Cl)Cl. The maximum Gasteiger partial charge on any atom is 0.394 e. The highest BCUT2D eigenvalue weighted by Gasteiger charge is 2.17. The molecule has 5 aromatic rings. The van der Waals surface area contributed by atoms with Gasteiger partial charge in [0.2, 0.25) is 5.78 Å². The number of rotatable bonds is 11. The minimum Gasteiger partial charge on any atom is -0.460 e. The summed E-state index contributed by atoms with van der Waals surface area (Å²) >= 11 is 25.7. The van der Waals surface area contributed by atoms with Gasteiger partial charge in [-0.3, -0.25) is 24.1 Å². The van der Waals surface area contributed by atoms with Gasteiger partial charge < -0.3 is 13.9 Å². The van der Waals surface area contributed by atoms with E-state index >= 15 is 0 Å². The Kier molecular flexibility index (Phi) is 18.0. The van der Waals surface area contributed by atoms with Crippen LogP contribution in [0.15, 0.2) is 71.5 Å². The first kappa shape index (κ1) is 43.6. The van der Waals surface area contributed by atoms with Crippen LogP contribution in [0.2, 0.25) is 10.0 Å². The zero-order valence-electron chi connectivity index (χ0n) is 26.5. The van der Waals surface area contributed by atoms with Crippen molar-refractivity contribution in [1.82, 2.24) is 15.0 Å². The maximum atomic E-state index is 12.0. The van der Waals surface area contributed by atoms with Gasteiger partial charge in [0.15, 0.2) is 0 Å². The number of oxazole rings is 1. The predicted octanol–water partition coefficient (Wildman–Crippen LogP) is 10.0. The zero-order chi connectivity index (χ0) is 36.8. The number of hydrogen-bond acceptors (Lipinski definition) is 11. The lowest BCUT2D eigenvalue weighted by molar-refractivity contribution is -0.153. The number of ketones is 2. The molecule has 3 aromatic heterocycles. The molecule has 11 nitrogen and oxygen atoms in total. The molecule has 0 saturated heterocycles. The van der Waals surface area contributed by atoms with Gasteiger partial charge in [-0.25, -0.2) is 14.6 Å². The van der Waals surface area contributed by atoms with Crippen molar-refractivity contribution in [2.75, 3.05) is 13.2 Å². The summed E-state index contributed by atoms with van der Waals surface area (Å²) in [4.78, 5) is 58.5. The third-order valence-corrected chi connectivity index (χ3v) is 6.76. The second-order valence-electron chi connectivity index (χ2n) is 10.1. The van der Waals surface area contributed by atoms with Crippen LogP contribution in [0, 0.1) is 0 Å². The average Bonchev–Trinajstić information content (AvgIpc) is 3.51. The predicted molar refractivity (Wildman–Crippen MR) is 200 cm³/mol. The first-order valence-corrected chi connectivity index (χ1v) is 19.9. The number of halogens is 5. The Morgan fingerprint density at radius 1 is 0.745 bits per heavy atom. The molecule has 0 N–H and O–H groups in total. The lowest BCUT2D eigenvalue weighted by Crippen LogP contribution is -2.18. The number of carbonyl (C=O) groups excluding carboxylic acids is 4. The third-order valence-electron chi connectivity index (χ3n) is 6.34. The van der Waals surface area contributed by atoms with E-state index in [0.717, 1.165) is 32.9 Å². The number of aromatic nitrogens is 3. The van der Waals surface area contributed by atoms with E-state index in [1.54, 1.807) is 32.3 Å². The van der Waals surface area contributed by atoms with E-state index in [1.165, 1.54) is 6.20 Å². The molecule has 0 aliphatic heterocycles. The normalized spacial score (nSPS) is 10.6. The van der Waals surface area contributed by atoms with Gasteiger partial charge in [-0.1, -0.05) is 42.8 Å². The van der Waals surface area contributed by atoms with Crippen LogP contribution in [-0.2, 0) is 41.3 Å². The molecule has 5 rings (SSSR count). The Morgan fingerprint density at radius 3 is 1.82 bits per heavy atom. The van der Waals surface area contributed by atoms with Crippen LogP contribution in [-0.4, -0.2) is 51.7 Å². The van der Waals surface area contributed by atoms with Crippen molar-refractivity contribution in [3.05, 3.63) is 99.9 Å². The molecule has 2 aromatic carbocycles. The van der Waals surface area contributed by atoms with Crippen molar-refractivity contribution in [3.8, 4) is 0 Å². The molecule has 0 aliphatic rings. The molecule has 0 bridgehead atoms. The Balaban J connectivity index is 0.000000307. The molecule has 0 atom stereocenters. The van der Waals surface area contributed by atoms with E-state index in [0.29, 0.717) is 22.2 Å². The molecule has 0 spiro atoms. The largest absolute Gasteiger partial charge is 0.460 e. The van der Waals surface area contributed by atoms with Crippen LogP contribution >= 0.6 is 62.1 Å². The van der Waals surface area contributed by atoms with Gasteiger partial charge in [0.05, 0.1) is 40.5 Å². The monoisotopic (exact) mass is 817 g/mol. The molecule has 0 aliphatic carbocycles. The number of nitrogens with zero attached hydrogens (tertiary/aromatic N) is 3. The van der Waals surface area contributed by atoms with Crippen molar-refractivity contribution >= 4 is 107 Å². The smallest absolute Gasteiger partial charge is 0.394 e. The first-order valence-electron chi connectivity index (χ1n) is 14.8. The van der Waals surface area contributed by atoms with Crippen LogP contribution in [0.4, 0.5) is 0 Å². The minimum atomic E-state index is -3.22. The lowest BCUT2D eigenvalue weighted by Gasteiger charge is -2.04. The fourth-order valence-corrected chi connectivity index (χ4v) is 4.62. The summed E-state index contributed by atoms with van der Waals surface area (Å²) in [5, 5.41) is -0.296. The second kappa shape index (κ2) is 21.1. The van der Waals surface area contributed by atoms with E-state index in [-0.39, 0.29) is 51.6 Å². The highest BCUT2D eigenvalue weighted by Crippen LogP contribution is 2.61. The van der Waals surface area contributed by atoms with Crippen LogP contribution in [0.3, 0.4) is 0 Å². The quantitative estimate of drug-likeness (QED) is 0.0710. The fourth-order valence-electron chi connectivity index (χ4n) is 4.29. The Labute approximate surface area is 318 Å². The van der Waals surface area contributed by atoms with Crippen molar-refractivity contribution in [3.63, 3.8) is 0 Å². The molecule has 0 fully saturated rings. The fraction of sp³-hybridized carbons (Fsp3) is 0.265. The Hall–Kier alpha value is -3.57. The van der Waals surface area contributed by atoms with Crippen molar-refractivity contribution < 1.29 is 37.6 Å². The van der Waals surface area contributed by atoms with Crippen LogP contribution in [0.1, 0.15) is 61.7 Å². The molecule has 0 unspecified atom stereocenters. The summed E-state index contributed by atoms with van der Waals surface area (Å²) in [6.07, 6.45) is 5.32. The van der Waals surface area contributed by atoms with Crippen molar-refractivity contribution in [2.45, 2.75) is 47.0 Å². The summed E-state index contributed by atoms with van der Waals surface area (Å²) in [6.45, 7) is 3.79. The van der Waals surface area contributed by atoms with E-state index in [9.17, 15) is 23.7 Å². The molecular formula is C34H33Cl5N3O8P. The van der Waals surface area contributed by atoms with E-state index in [2.05, 4.69) is 53.4 Å². The Morgan fingerprint density at radius 2 is 1.27 bits per heavy atom. The highest BCUT2D eigenvalue weighted by molar-refractivity contribution is 8.24.